The summed E-state index contributed by atoms with van der Waals surface area (Å²) >= 11 is 1.39. The third-order valence-corrected chi connectivity index (χ3v) is 7.69. The second-order valence-electron chi connectivity index (χ2n) is 6.76. The fourth-order valence-corrected chi connectivity index (χ4v) is 5.51. The number of nitrogens with zero attached hydrogens (tertiary/aromatic N) is 2. The van der Waals surface area contributed by atoms with E-state index in [0.717, 1.165) is 10.9 Å². The fourth-order valence-electron chi connectivity index (χ4n) is 3.29. The van der Waals surface area contributed by atoms with Gasteiger partial charge >= 0.3 is 5.97 Å². The monoisotopic (exact) mass is 462 g/mol. The van der Waals surface area contributed by atoms with Crippen molar-refractivity contribution in [2.75, 3.05) is 32.9 Å². The quantitative estimate of drug-likeness (QED) is 0.390. The molecule has 0 aliphatic carbocycles. The Morgan fingerprint density at radius 1 is 1.19 bits per heavy atom. The SMILES string of the molecule is CCOC(=O)c1oc2ccccc2c1CSc1ccc(S(=O)(=O)N2CCOCC2)cn1. The molecule has 3 aromatic rings. The van der Waals surface area contributed by atoms with Crippen LogP contribution in [-0.2, 0) is 25.2 Å². The van der Waals surface area contributed by atoms with Crippen LogP contribution in [0.4, 0.5) is 0 Å². The van der Waals surface area contributed by atoms with Crippen LogP contribution in [0, 0.1) is 0 Å². The lowest BCUT2D eigenvalue weighted by Gasteiger charge is -2.25. The minimum atomic E-state index is -3.58. The highest BCUT2D eigenvalue weighted by Gasteiger charge is 2.27. The number of thioether (sulfide) groups is 1. The van der Waals surface area contributed by atoms with Crippen molar-refractivity contribution in [1.82, 2.24) is 9.29 Å². The van der Waals surface area contributed by atoms with Crippen molar-refractivity contribution in [3.63, 3.8) is 0 Å². The van der Waals surface area contributed by atoms with Crippen LogP contribution in [-0.4, -0.2) is 56.6 Å². The molecule has 3 heterocycles. The van der Waals surface area contributed by atoms with Gasteiger partial charge in [0.25, 0.3) is 0 Å². The van der Waals surface area contributed by atoms with E-state index in [1.54, 1.807) is 25.1 Å². The number of sulfonamides is 1. The van der Waals surface area contributed by atoms with E-state index in [2.05, 4.69) is 4.98 Å². The van der Waals surface area contributed by atoms with Crippen molar-refractivity contribution >= 4 is 38.7 Å². The summed E-state index contributed by atoms with van der Waals surface area (Å²) in [6.45, 7) is 3.45. The number of ether oxygens (including phenoxy) is 2. The number of carbonyl (C=O) groups excluding carboxylic acids is 1. The minimum Gasteiger partial charge on any atom is -0.460 e. The van der Waals surface area contributed by atoms with Gasteiger partial charge in [-0.1, -0.05) is 18.2 Å². The number of pyridine rings is 1. The molecule has 8 nitrogen and oxygen atoms in total. The molecule has 164 valence electrons. The van der Waals surface area contributed by atoms with Crippen molar-refractivity contribution in [2.24, 2.45) is 0 Å². The molecular weight excluding hydrogens is 440 g/mol. The standard InChI is InChI=1S/C21H22N2O6S2/c1-2-28-21(24)20-17(16-5-3-4-6-18(16)29-20)14-30-19-8-7-15(13-22-19)31(25,26)23-9-11-27-12-10-23/h3-8,13H,2,9-12,14H2,1H3. The Kier molecular flexibility index (Phi) is 6.61. The van der Waals surface area contributed by atoms with E-state index < -0.39 is 16.0 Å². The summed E-state index contributed by atoms with van der Waals surface area (Å²) < 4.78 is 42.9. The molecule has 1 aliphatic heterocycles. The summed E-state index contributed by atoms with van der Waals surface area (Å²) in [4.78, 5) is 16.8. The summed E-state index contributed by atoms with van der Waals surface area (Å²) in [5.41, 5.74) is 1.34. The molecule has 0 saturated carbocycles. The van der Waals surface area contributed by atoms with Crippen molar-refractivity contribution in [3.8, 4) is 0 Å². The van der Waals surface area contributed by atoms with E-state index in [1.807, 2.05) is 18.2 Å². The van der Waals surface area contributed by atoms with Gasteiger partial charge in [0, 0.05) is 36.0 Å². The average molecular weight is 463 g/mol. The maximum Gasteiger partial charge on any atom is 0.374 e. The lowest BCUT2D eigenvalue weighted by Crippen LogP contribution is -2.40. The Balaban J connectivity index is 1.53. The van der Waals surface area contributed by atoms with Crippen LogP contribution in [0.15, 0.2) is 56.9 Å². The molecule has 0 spiro atoms. The van der Waals surface area contributed by atoms with Crippen LogP contribution in [0.3, 0.4) is 0 Å². The van der Waals surface area contributed by atoms with E-state index >= 15 is 0 Å². The summed E-state index contributed by atoms with van der Waals surface area (Å²) in [5, 5.41) is 1.48. The first-order chi connectivity index (χ1) is 15.0. The molecular formula is C21H22N2O6S2. The van der Waals surface area contributed by atoms with Crippen LogP contribution in [0.2, 0.25) is 0 Å². The minimum absolute atomic E-state index is 0.153. The second-order valence-corrected chi connectivity index (χ2v) is 9.70. The number of morpholine rings is 1. The first-order valence-electron chi connectivity index (χ1n) is 9.85. The van der Waals surface area contributed by atoms with Gasteiger partial charge in [-0.25, -0.2) is 18.2 Å². The molecule has 31 heavy (non-hydrogen) atoms. The van der Waals surface area contributed by atoms with Gasteiger partial charge < -0.3 is 13.9 Å². The van der Waals surface area contributed by atoms with E-state index in [0.29, 0.717) is 42.7 Å². The fraction of sp³-hybridized carbons (Fsp3) is 0.333. The number of hydrogen-bond acceptors (Lipinski definition) is 8. The number of benzene rings is 1. The Morgan fingerprint density at radius 3 is 2.68 bits per heavy atom. The molecule has 1 aliphatic rings. The van der Waals surface area contributed by atoms with Gasteiger partial charge in [-0.3, -0.25) is 0 Å². The molecule has 1 aromatic carbocycles. The highest BCUT2D eigenvalue weighted by molar-refractivity contribution is 7.98. The van der Waals surface area contributed by atoms with Crippen LogP contribution in [0.1, 0.15) is 23.0 Å². The largest absolute Gasteiger partial charge is 0.460 e. The zero-order valence-electron chi connectivity index (χ0n) is 16.9. The molecule has 4 rings (SSSR count). The Hall–Kier alpha value is -2.40. The molecule has 0 amide bonds. The Bertz CT molecular complexity index is 1170. The third kappa shape index (κ3) is 4.62. The highest BCUT2D eigenvalue weighted by Crippen LogP contribution is 2.32. The summed E-state index contributed by atoms with van der Waals surface area (Å²) in [6.07, 6.45) is 1.37. The number of fused-ring (bicyclic) bond motifs is 1. The normalized spacial score (nSPS) is 15.3. The summed E-state index contributed by atoms with van der Waals surface area (Å²) in [6, 6.07) is 10.6. The first-order valence-corrected chi connectivity index (χ1v) is 12.3. The molecule has 1 saturated heterocycles. The topological polar surface area (TPSA) is 98.9 Å². The molecule has 2 aromatic heterocycles. The molecule has 0 N–H and O–H groups in total. The van der Waals surface area contributed by atoms with Crippen LogP contribution >= 0.6 is 11.8 Å². The number of carbonyl (C=O) groups is 1. The molecule has 10 heteroatoms. The number of rotatable bonds is 7. The average Bonchev–Trinajstić information content (AvgIpc) is 3.17. The number of para-hydroxylation sites is 1. The van der Waals surface area contributed by atoms with Gasteiger partial charge in [0.1, 0.15) is 10.5 Å². The number of aromatic nitrogens is 1. The Morgan fingerprint density at radius 2 is 1.97 bits per heavy atom. The number of esters is 1. The lowest BCUT2D eigenvalue weighted by atomic mass is 10.1. The van der Waals surface area contributed by atoms with Crippen molar-refractivity contribution in [2.45, 2.75) is 22.6 Å². The van der Waals surface area contributed by atoms with Gasteiger partial charge in [0.15, 0.2) is 0 Å². The van der Waals surface area contributed by atoms with Crippen molar-refractivity contribution < 1.29 is 27.1 Å². The molecule has 0 radical (unpaired) electrons. The molecule has 0 unspecified atom stereocenters. The number of hydrogen-bond donors (Lipinski definition) is 0. The predicted molar refractivity (Wildman–Crippen MR) is 116 cm³/mol. The van der Waals surface area contributed by atoms with Crippen molar-refractivity contribution in [1.29, 1.82) is 0 Å². The van der Waals surface area contributed by atoms with Gasteiger partial charge in [-0.2, -0.15) is 4.31 Å². The highest BCUT2D eigenvalue weighted by atomic mass is 32.2. The van der Waals surface area contributed by atoms with E-state index in [9.17, 15) is 13.2 Å². The molecule has 1 fully saturated rings. The summed E-state index contributed by atoms with van der Waals surface area (Å²) in [5.74, 6) is 0.101. The van der Waals surface area contributed by atoms with Gasteiger partial charge in [0.05, 0.1) is 24.8 Å². The smallest absolute Gasteiger partial charge is 0.374 e. The first kappa shape index (κ1) is 21.8. The van der Waals surface area contributed by atoms with Crippen LogP contribution in [0.25, 0.3) is 11.0 Å². The molecule has 0 bridgehead atoms. The number of furan rings is 1. The summed E-state index contributed by atoms with van der Waals surface area (Å²) in [7, 11) is -3.58. The molecule has 0 atom stereocenters. The van der Waals surface area contributed by atoms with Gasteiger partial charge in [-0.15, -0.1) is 11.8 Å². The zero-order valence-corrected chi connectivity index (χ0v) is 18.6. The second kappa shape index (κ2) is 9.39. The zero-order chi connectivity index (χ0) is 21.8. The Labute approximate surface area is 184 Å². The van der Waals surface area contributed by atoms with Crippen LogP contribution in [0.5, 0.6) is 0 Å². The van der Waals surface area contributed by atoms with Crippen LogP contribution < -0.4 is 0 Å². The lowest BCUT2D eigenvalue weighted by molar-refractivity contribution is 0.0491. The maximum absolute atomic E-state index is 12.7. The van der Waals surface area contributed by atoms with E-state index in [-0.39, 0.29) is 17.3 Å². The van der Waals surface area contributed by atoms with Gasteiger partial charge in [-0.05, 0) is 25.1 Å². The third-order valence-electron chi connectivity index (χ3n) is 4.84. The predicted octanol–water partition coefficient (Wildman–Crippen LogP) is 3.32. The van der Waals surface area contributed by atoms with Crippen molar-refractivity contribution in [3.05, 3.63) is 53.9 Å². The van der Waals surface area contributed by atoms with E-state index in [1.165, 1.54) is 22.3 Å². The van der Waals surface area contributed by atoms with E-state index in [4.69, 9.17) is 13.9 Å². The maximum atomic E-state index is 12.7. The van der Waals surface area contributed by atoms with Gasteiger partial charge in [0.2, 0.25) is 15.8 Å².